The molecular formula is C50H74O7S2. The quantitative estimate of drug-likeness (QED) is 0.164. The molecule has 2 N–H and O–H groups in total. The molecule has 0 amide bonds. The van der Waals surface area contributed by atoms with Gasteiger partial charge in [-0.05, 0) is 185 Å². The SMILES string of the molecule is C[C@]12CC[C@H](SCCOCCS[C@H]3CC[C@@]4(C)[C@H](CC[C@@H]5[C@@H]4CC[C@]4(C)[C@@H](C6=CC(=O)OC6)CC[C@]54O)C3)C[C@H]1CC[C@@H]1[C@@H]2CC[C@]2(C)[C@@H](C3=CC(=O)OC3)CC[C@]12O. The summed E-state index contributed by atoms with van der Waals surface area (Å²) in [5.41, 5.74) is 1.35. The first kappa shape index (κ1) is 42.0. The van der Waals surface area contributed by atoms with Crippen LogP contribution in [0, 0.1) is 69.0 Å². The van der Waals surface area contributed by atoms with E-state index in [9.17, 15) is 19.8 Å². The predicted octanol–water partition coefficient (Wildman–Crippen LogP) is 9.72. The van der Waals surface area contributed by atoms with E-state index >= 15 is 0 Å². The van der Waals surface area contributed by atoms with Gasteiger partial charge in [-0.25, -0.2) is 9.59 Å². The average molecular weight is 851 g/mol. The molecule has 0 radical (unpaired) electrons. The Morgan fingerprint density at radius 2 is 1.02 bits per heavy atom. The lowest BCUT2D eigenvalue weighted by Gasteiger charge is -2.64. The van der Waals surface area contributed by atoms with Gasteiger partial charge in [-0.1, -0.05) is 27.7 Å². The molecule has 0 spiro atoms. The summed E-state index contributed by atoms with van der Waals surface area (Å²) in [6, 6.07) is 0. The number of esters is 2. The fraction of sp³-hybridized carbons (Fsp3) is 0.880. The van der Waals surface area contributed by atoms with Gasteiger partial charge in [0.15, 0.2) is 0 Å². The number of thioether (sulfide) groups is 2. The van der Waals surface area contributed by atoms with Crippen molar-refractivity contribution in [2.45, 2.75) is 165 Å². The van der Waals surface area contributed by atoms with Crippen molar-refractivity contribution in [3.63, 3.8) is 0 Å². The molecule has 9 heteroatoms. The number of rotatable bonds is 10. The normalized spacial score (nSPS) is 51.3. The highest BCUT2D eigenvalue weighted by molar-refractivity contribution is 8.00. The molecule has 7 nitrogen and oxygen atoms in total. The number of ether oxygens (including phenoxy) is 3. The lowest BCUT2D eigenvalue weighted by atomic mass is 9.43. The fourth-order valence-corrected chi connectivity index (χ4v) is 20.1. The molecule has 59 heavy (non-hydrogen) atoms. The highest BCUT2D eigenvalue weighted by Gasteiger charge is 2.69. The minimum absolute atomic E-state index is 0.154. The van der Waals surface area contributed by atoms with Gasteiger partial charge in [0.1, 0.15) is 13.2 Å². The monoisotopic (exact) mass is 850 g/mol. The van der Waals surface area contributed by atoms with E-state index in [4.69, 9.17) is 14.2 Å². The van der Waals surface area contributed by atoms with Crippen molar-refractivity contribution >= 4 is 35.5 Å². The molecule has 16 atom stereocenters. The Labute approximate surface area is 363 Å². The Balaban J connectivity index is 0.649. The van der Waals surface area contributed by atoms with E-state index in [1.165, 1.54) is 64.2 Å². The maximum atomic E-state index is 12.6. The van der Waals surface area contributed by atoms with Crippen LogP contribution in [0.2, 0.25) is 0 Å². The van der Waals surface area contributed by atoms with Crippen molar-refractivity contribution in [1.82, 2.24) is 0 Å². The van der Waals surface area contributed by atoms with Crippen molar-refractivity contribution < 1.29 is 34.0 Å². The first-order chi connectivity index (χ1) is 28.2. The van der Waals surface area contributed by atoms with Crippen LogP contribution in [-0.4, -0.2) is 81.8 Å². The zero-order valence-corrected chi connectivity index (χ0v) is 38.3. The summed E-state index contributed by atoms with van der Waals surface area (Å²) in [5.74, 6) is 5.80. The third kappa shape index (κ3) is 6.49. The summed E-state index contributed by atoms with van der Waals surface area (Å²) < 4.78 is 16.9. The number of hydrogen-bond acceptors (Lipinski definition) is 9. The van der Waals surface area contributed by atoms with Crippen molar-refractivity contribution in [3.05, 3.63) is 23.3 Å². The van der Waals surface area contributed by atoms with Crippen LogP contribution in [0.15, 0.2) is 23.3 Å². The number of fused-ring (bicyclic) bond motifs is 10. The van der Waals surface area contributed by atoms with Gasteiger partial charge in [-0.15, -0.1) is 0 Å². The van der Waals surface area contributed by atoms with Gasteiger partial charge in [0.2, 0.25) is 0 Å². The van der Waals surface area contributed by atoms with E-state index in [0.717, 1.165) is 110 Å². The van der Waals surface area contributed by atoms with Crippen LogP contribution in [0.25, 0.3) is 0 Å². The van der Waals surface area contributed by atoms with Crippen LogP contribution in [0.1, 0.15) is 143 Å². The zero-order chi connectivity index (χ0) is 41.0. The molecule has 0 aromatic heterocycles. The third-order valence-corrected chi connectivity index (χ3v) is 23.6. The highest BCUT2D eigenvalue weighted by Crippen LogP contribution is 2.72. The molecule has 8 fully saturated rings. The Kier molecular flexibility index (Phi) is 10.9. The molecule has 10 rings (SSSR count). The van der Waals surface area contributed by atoms with Crippen LogP contribution in [-0.2, 0) is 23.8 Å². The topological polar surface area (TPSA) is 102 Å². The summed E-state index contributed by atoms with van der Waals surface area (Å²) in [6.07, 6.45) is 24.3. The van der Waals surface area contributed by atoms with Gasteiger partial charge in [0, 0.05) is 45.0 Å². The lowest BCUT2D eigenvalue weighted by Crippen LogP contribution is -2.62. The van der Waals surface area contributed by atoms with Crippen LogP contribution < -0.4 is 0 Å². The molecule has 10 aliphatic rings. The number of carbonyl (C=O) groups excluding carboxylic acids is 2. The summed E-state index contributed by atoms with van der Waals surface area (Å²) in [6.45, 7) is 12.4. The molecule has 2 aliphatic heterocycles. The van der Waals surface area contributed by atoms with Gasteiger partial charge in [0.05, 0.1) is 24.4 Å². The molecule has 0 bridgehead atoms. The Bertz CT molecular complexity index is 1610. The van der Waals surface area contributed by atoms with E-state index < -0.39 is 11.2 Å². The van der Waals surface area contributed by atoms with E-state index in [1.54, 1.807) is 12.2 Å². The first-order valence-electron chi connectivity index (χ1n) is 24.2. The van der Waals surface area contributed by atoms with Crippen LogP contribution in [0.3, 0.4) is 0 Å². The second kappa shape index (κ2) is 15.3. The molecule has 8 saturated carbocycles. The van der Waals surface area contributed by atoms with Crippen molar-refractivity contribution in [3.8, 4) is 0 Å². The van der Waals surface area contributed by atoms with Gasteiger partial charge >= 0.3 is 11.9 Å². The van der Waals surface area contributed by atoms with Crippen LogP contribution in [0.4, 0.5) is 0 Å². The van der Waals surface area contributed by atoms with Crippen molar-refractivity contribution in [1.29, 1.82) is 0 Å². The lowest BCUT2D eigenvalue weighted by molar-refractivity contribution is -0.203. The van der Waals surface area contributed by atoms with Gasteiger partial charge in [-0.2, -0.15) is 23.5 Å². The second-order valence-electron chi connectivity index (χ2n) is 22.7. The van der Waals surface area contributed by atoms with E-state index in [0.29, 0.717) is 47.7 Å². The molecule has 0 aromatic carbocycles. The average Bonchev–Trinajstić information content (AvgIpc) is 3.97. The molecule has 0 saturated heterocycles. The Morgan fingerprint density at radius 1 is 0.576 bits per heavy atom. The zero-order valence-electron chi connectivity index (χ0n) is 36.7. The van der Waals surface area contributed by atoms with Gasteiger partial charge in [0.25, 0.3) is 0 Å². The van der Waals surface area contributed by atoms with Gasteiger partial charge < -0.3 is 24.4 Å². The number of cyclic esters (lactones) is 2. The van der Waals surface area contributed by atoms with Crippen molar-refractivity contribution in [2.75, 3.05) is 37.9 Å². The Hall–Kier alpha value is -1.00. The number of aliphatic hydroxyl groups is 2. The number of hydrogen-bond donors (Lipinski definition) is 2. The molecule has 0 aromatic rings. The summed E-state index contributed by atoms with van der Waals surface area (Å²) in [5, 5.41) is 26.6. The predicted molar refractivity (Wildman–Crippen MR) is 235 cm³/mol. The van der Waals surface area contributed by atoms with E-state index in [2.05, 4.69) is 51.2 Å². The third-order valence-electron chi connectivity index (χ3n) is 21.0. The van der Waals surface area contributed by atoms with Crippen LogP contribution in [0.5, 0.6) is 0 Å². The molecule has 8 aliphatic carbocycles. The van der Waals surface area contributed by atoms with E-state index in [-0.39, 0.29) is 34.6 Å². The molecule has 328 valence electrons. The fourth-order valence-electron chi connectivity index (χ4n) is 17.7. The molecular weight excluding hydrogens is 777 g/mol. The van der Waals surface area contributed by atoms with Crippen LogP contribution >= 0.6 is 23.5 Å². The highest BCUT2D eigenvalue weighted by atomic mass is 32.2. The van der Waals surface area contributed by atoms with Gasteiger partial charge in [-0.3, -0.25) is 0 Å². The minimum Gasteiger partial charge on any atom is -0.458 e. The summed E-state index contributed by atoms with van der Waals surface area (Å²) >= 11 is 4.32. The summed E-state index contributed by atoms with van der Waals surface area (Å²) in [4.78, 5) is 23.9. The second-order valence-corrected chi connectivity index (χ2v) is 25.5. The maximum Gasteiger partial charge on any atom is 0.331 e. The Morgan fingerprint density at radius 3 is 1.42 bits per heavy atom. The summed E-state index contributed by atoms with van der Waals surface area (Å²) in [7, 11) is 0. The minimum atomic E-state index is -0.628. The number of carbonyl (C=O) groups is 2. The van der Waals surface area contributed by atoms with E-state index in [1.807, 2.05) is 0 Å². The molecule has 0 unspecified atom stereocenters. The molecule has 2 heterocycles. The van der Waals surface area contributed by atoms with Crippen molar-refractivity contribution in [2.24, 2.45) is 69.0 Å². The standard InChI is InChI=1S/C50H74O7S2/c1-45-15-9-35(27-33(45)5-7-41-39(45)11-17-47(3)37(13-19-49(41,47)53)31-25-43(51)56-29-31)58-23-21-55-22-24-59-36-10-16-46(2)34(28-36)6-8-42-40(46)12-18-48(4)38(14-20-50(42,48)54)32-26-44(52)57-30-32/h25-26,33-42,53-54H,5-24,27-30H2,1-4H3/t33-,34-,35+,36+,37-,38-,39+,40+,41-,42-,45+,46+,47-,48-,49+,50+/m1/s1. The maximum absolute atomic E-state index is 12.6. The smallest absolute Gasteiger partial charge is 0.331 e. The first-order valence-corrected chi connectivity index (χ1v) is 26.3. The largest absolute Gasteiger partial charge is 0.458 e.